The fraction of sp³-hybridized carbons (Fsp3) is 0.333. The first-order valence-corrected chi connectivity index (χ1v) is 5.28. The Labute approximate surface area is 87.7 Å². The fourth-order valence-corrected chi connectivity index (χ4v) is 1.93. The number of nitrogens with zero attached hydrogens (tertiary/aromatic N) is 2. The van der Waals surface area contributed by atoms with Crippen LogP contribution >= 0.6 is 0 Å². The van der Waals surface area contributed by atoms with Crippen LogP contribution in [0.3, 0.4) is 0 Å². The summed E-state index contributed by atoms with van der Waals surface area (Å²) in [4.78, 5) is 14.8. The number of fused-ring (bicyclic) bond motifs is 1. The van der Waals surface area contributed by atoms with E-state index in [1.165, 1.54) is 18.7 Å². The number of aromatic nitrogens is 2. The molecular formula is C12H12N2O. The molecule has 2 aromatic rings. The van der Waals surface area contributed by atoms with Crippen LogP contribution in [-0.2, 0) is 11.2 Å². The van der Waals surface area contributed by atoms with Gasteiger partial charge in [0.25, 0.3) is 0 Å². The summed E-state index contributed by atoms with van der Waals surface area (Å²) < 4.78 is 2.13. The van der Waals surface area contributed by atoms with Crippen LogP contribution in [0.25, 0.3) is 5.52 Å². The van der Waals surface area contributed by atoms with Crippen molar-refractivity contribution in [1.82, 2.24) is 9.38 Å². The van der Waals surface area contributed by atoms with Crippen LogP contribution in [0.2, 0.25) is 0 Å². The van der Waals surface area contributed by atoms with Gasteiger partial charge in [-0.05, 0) is 30.5 Å². The van der Waals surface area contributed by atoms with E-state index < -0.39 is 0 Å². The second-order valence-electron chi connectivity index (χ2n) is 4.09. The van der Waals surface area contributed by atoms with Gasteiger partial charge >= 0.3 is 0 Å². The van der Waals surface area contributed by atoms with Crippen molar-refractivity contribution in [3.8, 4) is 0 Å². The van der Waals surface area contributed by atoms with Crippen LogP contribution in [0.1, 0.15) is 30.1 Å². The number of aldehydes is 1. The van der Waals surface area contributed by atoms with Gasteiger partial charge in [0.1, 0.15) is 12.1 Å². The van der Waals surface area contributed by atoms with Gasteiger partial charge in [-0.1, -0.05) is 0 Å². The first-order chi connectivity index (χ1) is 7.38. The molecule has 0 aliphatic heterocycles. The Balaban J connectivity index is 2.09. The number of imidazole rings is 1. The molecule has 2 aromatic heterocycles. The summed E-state index contributed by atoms with van der Waals surface area (Å²) >= 11 is 0. The van der Waals surface area contributed by atoms with E-state index in [2.05, 4.69) is 9.38 Å². The summed E-state index contributed by atoms with van der Waals surface area (Å²) in [6.45, 7) is 0. The Morgan fingerprint density at radius 2 is 2.40 bits per heavy atom. The number of hydrogen-bond donors (Lipinski definition) is 0. The van der Waals surface area contributed by atoms with E-state index in [0.717, 1.165) is 17.4 Å². The van der Waals surface area contributed by atoms with E-state index in [4.69, 9.17) is 0 Å². The van der Waals surface area contributed by atoms with Crippen molar-refractivity contribution < 1.29 is 4.79 Å². The van der Waals surface area contributed by atoms with Gasteiger partial charge in [0, 0.05) is 18.5 Å². The number of hydrogen-bond acceptors (Lipinski definition) is 2. The minimum Gasteiger partial charge on any atom is -0.304 e. The molecule has 0 spiro atoms. The van der Waals surface area contributed by atoms with Gasteiger partial charge in [-0.25, -0.2) is 4.98 Å². The monoisotopic (exact) mass is 200 g/mol. The zero-order chi connectivity index (χ0) is 10.3. The minimum absolute atomic E-state index is 0.487. The normalized spacial score (nSPS) is 15.7. The molecule has 0 bridgehead atoms. The predicted molar refractivity (Wildman–Crippen MR) is 56.9 cm³/mol. The molecule has 0 aromatic carbocycles. The zero-order valence-electron chi connectivity index (χ0n) is 8.39. The van der Waals surface area contributed by atoms with Crippen molar-refractivity contribution in [2.24, 2.45) is 0 Å². The van der Waals surface area contributed by atoms with Gasteiger partial charge in [-0.2, -0.15) is 0 Å². The lowest BCUT2D eigenvalue weighted by atomic mass is 10.2. The average Bonchev–Trinajstić information content (AvgIpc) is 3.00. The molecular weight excluding hydrogens is 188 g/mol. The molecule has 0 amide bonds. The molecule has 2 heterocycles. The van der Waals surface area contributed by atoms with Crippen LogP contribution in [0.5, 0.6) is 0 Å². The third-order valence-electron chi connectivity index (χ3n) is 2.89. The molecule has 3 heteroatoms. The molecule has 15 heavy (non-hydrogen) atoms. The summed E-state index contributed by atoms with van der Waals surface area (Å²) in [5.41, 5.74) is 2.15. The smallest absolute Gasteiger partial charge is 0.124 e. The SMILES string of the molecule is O=CCc1ccn2c(C3CC3)ncc2c1. The standard InChI is InChI=1S/C12H12N2O/c15-6-4-9-3-5-14-11(7-9)8-13-12(14)10-1-2-10/h3,5-8,10H,1-2,4H2. The third-order valence-corrected chi connectivity index (χ3v) is 2.89. The Morgan fingerprint density at radius 1 is 1.53 bits per heavy atom. The maximum absolute atomic E-state index is 10.4. The lowest BCUT2D eigenvalue weighted by molar-refractivity contribution is -0.107. The topological polar surface area (TPSA) is 34.4 Å². The first kappa shape index (κ1) is 8.65. The quantitative estimate of drug-likeness (QED) is 0.710. The highest BCUT2D eigenvalue weighted by atomic mass is 16.1. The highest BCUT2D eigenvalue weighted by Gasteiger charge is 2.27. The third kappa shape index (κ3) is 1.44. The molecule has 1 saturated carbocycles. The van der Waals surface area contributed by atoms with Crippen LogP contribution in [-0.4, -0.2) is 15.7 Å². The van der Waals surface area contributed by atoms with E-state index in [-0.39, 0.29) is 0 Å². The van der Waals surface area contributed by atoms with Crippen LogP contribution < -0.4 is 0 Å². The second kappa shape index (κ2) is 3.19. The fourth-order valence-electron chi connectivity index (χ4n) is 1.93. The first-order valence-electron chi connectivity index (χ1n) is 5.28. The largest absolute Gasteiger partial charge is 0.304 e. The highest BCUT2D eigenvalue weighted by Crippen LogP contribution is 2.39. The molecule has 1 aliphatic rings. The van der Waals surface area contributed by atoms with Crippen molar-refractivity contribution in [3.05, 3.63) is 35.9 Å². The molecule has 1 fully saturated rings. The second-order valence-corrected chi connectivity index (χ2v) is 4.09. The van der Waals surface area contributed by atoms with Crippen molar-refractivity contribution in [2.45, 2.75) is 25.2 Å². The lowest BCUT2D eigenvalue weighted by Gasteiger charge is -2.00. The zero-order valence-corrected chi connectivity index (χ0v) is 8.39. The molecule has 3 nitrogen and oxygen atoms in total. The van der Waals surface area contributed by atoms with Crippen LogP contribution in [0.4, 0.5) is 0 Å². The molecule has 76 valence electrons. The van der Waals surface area contributed by atoms with E-state index in [9.17, 15) is 4.79 Å². The summed E-state index contributed by atoms with van der Waals surface area (Å²) in [5.74, 6) is 1.83. The van der Waals surface area contributed by atoms with Gasteiger partial charge in [-0.15, -0.1) is 0 Å². The van der Waals surface area contributed by atoms with Crippen molar-refractivity contribution in [1.29, 1.82) is 0 Å². The minimum atomic E-state index is 0.487. The van der Waals surface area contributed by atoms with Gasteiger partial charge in [0.05, 0.1) is 11.7 Å². The molecule has 0 radical (unpaired) electrons. The molecule has 0 atom stereocenters. The summed E-state index contributed by atoms with van der Waals surface area (Å²) in [5, 5.41) is 0. The van der Waals surface area contributed by atoms with E-state index in [1.807, 2.05) is 24.5 Å². The number of rotatable bonds is 3. The Morgan fingerprint density at radius 3 is 3.13 bits per heavy atom. The average molecular weight is 200 g/mol. The van der Waals surface area contributed by atoms with Gasteiger partial charge in [0.2, 0.25) is 0 Å². The van der Waals surface area contributed by atoms with E-state index >= 15 is 0 Å². The Kier molecular flexibility index (Phi) is 1.84. The number of carbonyl (C=O) groups is 1. The molecule has 0 saturated heterocycles. The maximum Gasteiger partial charge on any atom is 0.124 e. The summed E-state index contributed by atoms with van der Waals surface area (Å²) in [6.07, 6.45) is 7.85. The lowest BCUT2D eigenvalue weighted by Crippen LogP contribution is -1.93. The van der Waals surface area contributed by atoms with E-state index in [0.29, 0.717) is 12.3 Å². The Hall–Kier alpha value is -1.64. The predicted octanol–water partition coefficient (Wildman–Crippen LogP) is 1.95. The van der Waals surface area contributed by atoms with Crippen molar-refractivity contribution in [2.75, 3.05) is 0 Å². The van der Waals surface area contributed by atoms with Crippen molar-refractivity contribution in [3.63, 3.8) is 0 Å². The van der Waals surface area contributed by atoms with Gasteiger partial charge in [-0.3, -0.25) is 0 Å². The summed E-state index contributed by atoms with van der Waals surface area (Å²) in [6, 6.07) is 4.03. The summed E-state index contributed by atoms with van der Waals surface area (Å²) in [7, 11) is 0. The maximum atomic E-state index is 10.4. The van der Waals surface area contributed by atoms with E-state index in [1.54, 1.807) is 0 Å². The highest BCUT2D eigenvalue weighted by molar-refractivity contribution is 5.58. The van der Waals surface area contributed by atoms with Crippen molar-refractivity contribution >= 4 is 11.8 Å². The molecule has 0 unspecified atom stereocenters. The molecule has 3 rings (SSSR count). The number of carbonyl (C=O) groups excluding carboxylic acids is 1. The van der Waals surface area contributed by atoms with Crippen LogP contribution in [0, 0.1) is 0 Å². The molecule has 0 N–H and O–H groups in total. The van der Waals surface area contributed by atoms with Gasteiger partial charge in [0.15, 0.2) is 0 Å². The number of pyridine rings is 1. The molecule has 1 aliphatic carbocycles. The van der Waals surface area contributed by atoms with Gasteiger partial charge < -0.3 is 9.20 Å². The Bertz CT molecular complexity index is 511. The van der Waals surface area contributed by atoms with Crippen LogP contribution in [0.15, 0.2) is 24.5 Å².